The number of anilines is 3. The highest BCUT2D eigenvalue weighted by Gasteiger charge is 2.24. The second-order valence-electron chi connectivity index (χ2n) is 7.32. The summed E-state index contributed by atoms with van der Waals surface area (Å²) >= 11 is 0. The molecule has 1 aliphatic rings. The van der Waals surface area contributed by atoms with Crippen molar-refractivity contribution in [3.05, 3.63) is 41.5 Å². The molecule has 0 radical (unpaired) electrons. The zero-order chi connectivity index (χ0) is 20.5. The Labute approximate surface area is 166 Å². The lowest BCUT2D eigenvalue weighted by molar-refractivity contribution is 0.100. The lowest BCUT2D eigenvalue weighted by Gasteiger charge is -2.30. The van der Waals surface area contributed by atoms with Gasteiger partial charge < -0.3 is 26.5 Å². The maximum atomic E-state index is 14.6. The van der Waals surface area contributed by atoms with E-state index >= 15 is 0 Å². The first-order valence-corrected chi connectivity index (χ1v) is 9.57. The first kappa shape index (κ1) is 19.1. The summed E-state index contributed by atoms with van der Waals surface area (Å²) in [6.45, 7) is 1.76. The summed E-state index contributed by atoms with van der Waals surface area (Å²) < 4.78 is 20.1. The van der Waals surface area contributed by atoms with Crippen LogP contribution in [0, 0.1) is 12.7 Å². The number of aromatic nitrogens is 2. The highest BCUT2D eigenvalue weighted by Crippen LogP contribution is 2.28. The van der Waals surface area contributed by atoms with E-state index in [4.69, 9.17) is 15.9 Å². The van der Waals surface area contributed by atoms with Gasteiger partial charge in [-0.25, -0.2) is 14.4 Å². The van der Waals surface area contributed by atoms with Crippen molar-refractivity contribution in [2.75, 3.05) is 10.6 Å². The molecule has 1 aliphatic carbocycles. The predicted molar refractivity (Wildman–Crippen MR) is 109 cm³/mol. The molecule has 1 fully saturated rings. The molecule has 29 heavy (non-hydrogen) atoms. The number of carbonyl (C=O) groups excluding carboxylic acids is 1. The Morgan fingerprint density at radius 1 is 1.21 bits per heavy atom. The minimum atomic E-state index is -0.779. The number of pyridine rings is 1. The second kappa shape index (κ2) is 7.67. The van der Waals surface area contributed by atoms with Gasteiger partial charge in [-0.3, -0.25) is 4.79 Å². The fourth-order valence-electron chi connectivity index (χ4n) is 3.64. The maximum absolute atomic E-state index is 14.6. The van der Waals surface area contributed by atoms with Gasteiger partial charge in [0.25, 0.3) is 5.91 Å². The van der Waals surface area contributed by atoms with E-state index in [0.29, 0.717) is 22.7 Å². The van der Waals surface area contributed by atoms with Gasteiger partial charge in [0.1, 0.15) is 11.3 Å². The summed E-state index contributed by atoms with van der Waals surface area (Å²) in [6, 6.07) is 6.21. The Balaban J connectivity index is 1.66. The molecule has 8 nitrogen and oxygen atoms in total. The molecule has 4 rings (SSSR count). The Hall–Kier alpha value is -3.20. The Bertz CT molecular complexity index is 1070. The van der Waals surface area contributed by atoms with Gasteiger partial charge in [-0.2, -0.15) is 0 Å². The topological polar surface area (TPSA) is 132 Å². The largest absolute Gasteiger partial charge is 0.441 e. The quantitative estimate of drug-likeness (QED) is 0.519. The fraction of sp³-hybridized carbons (Fsp3) is 0.350. The van der Waals surface area contributed by atoms with Gasteiger partial charge in [-0.05, 0) is 37.1 Å². The third-order valence-electron chi connectivity index (χ3n) is 5.14. The van der Waals surface area contributed by atoms with Crippen LogP contribution in [0.4, 0.5) is 21.7 Å². The van der Waals surface area contributed by atoms with E-state index in [9.17, 15) is 9.18 Å². The van der Waals surface area contributed by atoms with Crippen LogP contribution in [0.2, 0.25) is 0 Å². The summed E-state index contributed by atoms with van der Waals surface area (Å²) in [7, 11) is 0. The van der Waals surface area contributed by atoms with Crippen LogP contribution >= 0.6 is 0 Å². The molecule has 3 aromatic rings. The number of nitrogens with two attached hydrogens (primary N) is 2. The van der Waals surface area contributed by atoms with Crippen LogP contribution < -0.4 is 22.1 Å². The van der Waals surface area contributed by atoms with Crippen molar-refractivity contribution in [1.82, 2.24) is 9.97 Å². The molecule has 9 heteroatoms. The summed E-state index contributed by atoms with van der Waals surface area (Å²) in [6.07, 6.45) is 3.80. The summed E-state index contributed by atoms with van der Waals surface area (Å²) in [5.41, 5.74) is 13.5. The number of amides is 1. The monoisotopic (exact) mass is 398 g/mol. The van der Waals surface area contributed by atoms with Crippen molar-refractivity contribution in [3.63, 3.8) is 0 Å². The highest BCUT2D eigenvalue weighted by atomic mass is 19.1. The first-order valence-electron chi connectivity index (χ1n) is 9.57. The van der Waals surface area contributed by atoms with Crippen LogP contribution in [0.5, 0.6) is 0 Å². The Morgan fingerprint density at radius 2 is 2.00 bits per heavy atom. The third-order valence-corrected chi connectivity index (χ3v) is 5.14. The maximum Gasteiger partial charge on any atom is 0.252 e. The summed E-state index contributed by atoms with van der Waals surface area (Å²) in [5.74, 6) is -0.684. The molecule has 1 amide bonds. The number of halogens is 1. The van der Waals surface area contributed by atoms with Gasteiger partial charge in [0.15, 0.2) is 23.1 Å². The number of nitrogens with one attached hydrogen (secondary N) is 2. The average Bonchev–Trinajstić information content (AvgIpc) is 3.05. The molecule has 2 heterocycles. The number of hydrogen-bond donors (Lipinski definition) is 4. The van der Waals surface area contributed by atoms with Gasteiger partial charge in [-0.1, -0.05) is 12.8 Å². The lowest BCUT2D eigenvalue weighted by atomic mass is 9.91. The first-order chi connectivity index (χ1) is 13.9. The number of fused-ring (bicyclic) bond motifs is 1. The second-order valence-corrected chi connectivity index (χ2v) is 7.32. The average molecular weight is 398 g/mol. The SMILES string of the molecule is Cc1nc2cc(Nc3nc(NC4CCCC[C@@H]4N)c(F)cc3C(N)=O)ccc2o1. The van der Waals surface area contributed by atoms with Crippen molar-refractivity contribution >= 4 is 34.3 Å². The van der Waals surface area contributed by atoms with Crippen LogP contribution in [-0.4, -0.2) is 28.0 Å². The third kappa shape index (κ3) is 4.00. The van der Waals surface area contributed by atoms with Crippen molar-refractivity contribution in [2.24, 2.45) is 11.5 Å². The molecule has 0 aliphatic heterocycles. The number of rotatable bonds is 5. The molecular formula is C20H23FN6O2. The van der Waals surface area contributed by atoms with Gasteiger partial charge >= 0.3 is 0 Å². The molecule has 1 unspecified atom stereocenters. The molecule has 0 spiro atoms. The molecule has 0 bridgehead atoms. The molecule has 2 atom stereocenters. The van der Waals surface area contributed by atoms with Crippen LogP contribution in [0.25, 0.3) is 11.1 Å². The van der Waals surface area contributed by atoms with E-state index in [1.807, 2.05) is 0 Å². The smallest absolute Gasteiger partial charge is 0.252 e. The number of carbonyl (C=O) groups is 1. The lowest BCUT2D eigenvalue weighted by Crippen LogP contribution is -2.43. The van der Waals surface area contributed by atoms with E-state index in [0.717, 1.165) is 31.7 Å². The Morgan fingerprint density at radius 3 is 2.76 bits per heavy atom. The van der Waals surface area contributed by atoms with Crippen molar-refractivity contribution in [3.8, 4) is 0 Å². The minimum absolute atomic E-state index is 0.0400. The number of primary amides is 1. The summed E-state index contributed by atoms with van der Waals surface area (Å²) in [5, 5.41) is 6.13. The van der Waals surface area contributed by atoms with Crippen molar-refractivity contribution in [1.29, 1.82) is 0 Å². The van der Waals surface area contributed by atoms with E-state index in [1.165, 1.54) is 0 Å². The predicted octanol–water partition coefficient (Wildman–Crippen LogP) is 3.19. The molecular weight excluding hydrogens is 375 g/mol. The number of hydrogen-bond acceptors (Lipinski definition) is 7. The van der Waals surface area contributed by atoms with Gasteiger partial charge in [0.05, 0.1) is 5.56 Å². The number of aryl methyl sites for hydroxylation is 1. The van der Waals surface area contributed by atoms with Gasteiger partial charge in [-0.15, -0.1) is 0 Å². The number of oxazole rings is 1. The standard InChI is InChI=1S/C20H23FN6O2/c1-10-24-16-8-11(6-7-17(16)29-10)25-19-12(18(23)28)9-13(21)20(27-19)26-15-5-3-2-4-14(15)22/h6-9,14-15H,2-5,22H2,1H3,(H2,23,28)(H2,25,26,27)/t14-,15?/m0/s1. The van der Waals surface area contributed by atoms with Crippen molar-refractivity contribution in [2.45, 2.75) is 44.7 Å². The molecule has 1 aromatic carbocycles. The number of nitrogens with zero attached hydrogens (tertiary/aromatic N) is 2. The van der Waals surface area contributed by atoms with Gasteiger partial charge in [0, 0.05) is 24.7 Å². The molecule has 0 saturated heterocycles. The minimum Gasteiger partial charge on any atom is -0.441 e. The molecule has 1 saturated carbocycles. The zero-order valence-electron chi connectivity index (χ0n) is 16.0. The van der Waals surface area contributed by atoms with Crippen LogP contribution in [0.15, 0.2) is 28.7 Å². The molecule has 6 N–H and O–H groups in total. The fourth-order valence-corrected chi connectivity index (χ4v) is 3.64. The van der Waals surface area contributed by atoms with Gasteiger partial charge in [0.2, 0.25) is 0 Å². The van der Waals surface area contributed by atoms with E-state index < -0.39 is 11.7 Å². The van der Waals surface area contributed by atoms with Crippen LogP contribution in [0.1, 0.15) is 41.9 Å². The zero-order valence-corrected chi connectivity index (χ0v) is 16.0. The van der Waals surface area contributed by atoms with E-state index in [1.54, 1.807) is 25.1 Å². The molecule has 152 valence electrons. The van der Waals surface area contributed by atoms with E-state index in [-0.39, 0.29) is 29.3 Å². The van der Waals surface area contributed by atoms with Crippen molar-refractivity contribution < 1.29 is 13.6 Å². The highest BCUT2D eigenvalue weighted by molar-refractivity contribution is 5.98. The number of benzene rings is 1. The van der Waals surface area contributed by atoms with Crippen LogP contribution in [-0.2, 0) is 0 Å². The van der Waals surface area contributed by atoms with E-state index in [2.05, 4.69) is 20.6 Å². The van der Waals surface area contributed by atoms with Crippen LogP contribution in [0.3, 0.4) is 0 Å². The Kier molecular flexibility index (Phi) is 5.06. The molecule has 2 aromatic heterocycles. The summed E-state index contributed by atoms with van der Waals surface area (Å²) in [4.78, 5) is 20.4. The normalized spacial score (nSPS) is 19.3.